The maximum absolute atomic E-state index is 13.3. The summed E-state index contributed by atoms with van der Waals surface area (Å²) in [5, 5.41) is 3.76. The third-order valence-electron chi connectivity index (χ3n) is 8.26. The van der Waals surface area contributed by atoms with E-state index < -0.39 is 17.9 Å². The largest absolute Gasteiger partial charge is 0.492 e. The quantitative estimate of drug-likeness (QED) is 0.177. The summed E-state index contributed by atoms with van der Waals surface area (Å²) in [6, 6.07) is 38.9. The van der Waals surface area contributed by atoms with Crippen LogP contribution < -0.4 is 9.47 Å². The predicted octanol–water partition coefficient (Wildman–Crippen LogP) is 8.46. The van der Waals surface area contributed by atoms with Crippen LogP contribution in [0.4, 0.5) is 0 Å². The minimum Gasteiger partial charge on any atom is -0.492 e. The van der Waals surface area contributed by atoms with Crippen LogP contribution in [0.1, 0.15) is 27.0 Å². The van der Waals surface area contributed by atoms with Crippen LogP contribution in [-0.4, -0.2) is 25.2 Å². The lowest BCUT2D eigenvalue weighted by Gasteiger charge is -2.18. The molecule has 46 heavy (non-hydrogen) atoms. The Labute approximate surface area is 267 Å². The van der Waals surface area contributed by atoms with Gasteiger partial charge in [-0.05, 0) is 63.9 Å². The first kappa shape index (κ1) is 29.1. The summed E-state index contributed by atoms with van der Waals surface area (Å²) in [5.41, 5.74) is 4.97. The molecule has 6 aromatic rings. The second-order valence-electron chi connectivity index (χ2n) is 11.5. The van der Waals surface area contributed by atoms with E-state index in [1.165, 1.54) is 0 Å². The number of fused-ring (bicyclic) bond motifs is 7. The van der Waals surface area contributed by atoms with E-state index in [2.05, 4.69) is 25.1 Å². The highest BCUT2D eigenvalue weighted by molar-refractivity contribution is 6.11. The minimum absolute atomic E-state index is 0.0654. The van der Waals surface area contributed by atoms with Crippen molar-refractivity contribution in [2.75, 3.05) is 13.2 Å². The van der Waals surface area contributed by atoms with E-state index in [0.29, 0.717) is 17.1 Å². The van der Waals surface area contributed by atoms with Crippen molar-refractivity contribution in [2.24, 2.45) is 5.92 Å². The Balaban J connectivity index is 1.30. The fraction of sp³-hybridized carbons (Fsp3) is 0.150. The van der Waals surface area contributed by atoms with Crippen LogP contribution >= 0.6 is 0 Å². The molecule has 0 aromatic heterocycles. The molecule has 0 amide bonds. The summed E-state index contributed by atoms with van der Waals surface area (Å²) in [6.45, 7) is 2.54. The molecule has 1 atom stereocenters. The van der Waals surface area contributed by atoms with Crippen LogP contribution in [0.3, 0.4) is 0 Å². The van der Waals surface area contributed by atoms with Crippen LogP contribution in [0.25, 0.3) is 32.7 Å². The molecule has 1 aliphatic heterocycles. The van der Waals surface area contributed by atoms with E-state index in [9.17, 15) is 9.59 Å². The second-order valence-corrected chi connectivity index (χ2v) is 11.5. The molecule has 0 aliphatic carbocycles. The number of hydrogen-bond donors (Lipinski definition) is 0. The van der Waals surface area contributed by atoms with E-state index >= 15 is 0 Å². The third kappa shape index (κ3) is 6.02. The Morgan fingerprint density at radius 1 is 0.630 bits per heavy atom. The van der Waals surface area contributed by atoms with E-state index in [4.69, 9.17) is 18.9 Å². The number of rotatable bonds is 6. The average Bonchev–Trinajstić information content (AvgIpc) is 3.18. The van der Waals surface area contributed by atoms with E-state index in [0.717, 1.165) is 49.4 Å². The lowest BCUT2D eigenvalue weighted by atomic mass is 9.91. The molecule has 0 saturated carbocycles. The van der Waals surface area contributed by atoms with Crippen LogP contribution in [0, 0.1) is 12.8 Å². The van der Waals surface area contributed by atoms with Crippen molar-refractivity contribution >= 4 is 33.5 Å². The summed E-state index contributed by atoms with van der Waals surface area (Å²) in [7, 11) is 0. The lowest BCUT2D eigenvalue weighted by Crippen LogP contribution is -2.29. The van der Waals surface area contributed by atoms with Crippen molar-refractivity contribution in [3.63, 3.8) is 0 Å². The molecule has 6 heteroatoms. The molecular weight excluding hydrogens is 576 g/mol. The first-order chi connectivity index (χ1) is 22.5. The van der Waals surface area contributed by atoms with Gasteiger partial charge in [0.05, 0.1) is 5.56 Å². The zero-order chi connectivity index (χ0) is 31.5. The normalized spacial score (nSPS) is 14.1. The summed E-state index contributed by atoms with van der Waals surface area (Å²) >= 11 is 0. The zero-order valence-corrected chi connectivity index (χ0v) is 25.4. The van der Waals surface area contributed by atoms with E-state index in [1.807, 2.05) is 97.1 Å². The molecule has 0 fully saturated rings. The predicted molar refractivity (Wildman–Crippen MR) is 178 cm³/mol. The number of aryl methyl sites for hydroxylation is 1. The van der Waals surface area contributed by atoms with Gasteiger partial charge in [-0.15, -0.1) is 0 Å². The maximum Gasteiger partial charge on any atom is 0.338 e. The molecular formula is C40H32O6. The first-order valence-corrected chi connectivity index (χ1v) is 15.3. The molecule has 0 N–H and O–H groups in total. The van der Waals surface area contributed by atoms with Crippen molar-refractivity contribution in [2.45, 2.75) is 20.1 Å². The molecule has 1 aliphatic rings. The van der Waals surface area contributed by atoms with Gasteiger partial charge in [0.25, 0.3) is 0 Å². The highest BCUT2D eigenvalue weighted by Gasteiger charge is 2.28. The lowest BCUT2D eigenvalue weighted by molar-refractivity contribution is -0.152. The van der Waals surface area contributed by atoms with Gasteiger partial charge < -0.3 is 18.9 Å². The van der Waals surface area contributed by atoms with E-state index in [1.54, 1.807) is 6.07 Å². The van der Waals surface area contributed by atoms with Gasteiger partial charge in [0.2, 0.25) is 0 Å². The SMILES string of the molecule is Cc1ccc2ccc3c(c2c1)-c1c(ccc2ccc(C(=O)OCc4ccccc4)cc12)OCC(C(=O)OCc1ccccc1)CO3. The van der Waals surface area contributed by atoms with Crippen molar-refractivity contribution < 1.29 is 28.5 Å². The van der Waals surface area contributed by atoms with Gasteiger partial charge in [-0.2, -0.15) is 0 Å². The Morgan fingerprint density at radius 2 is 1.15 bits per heavy atom. The van der Waals surface area contributed by atoms with Gasteiger partial charge in [0.15, 0.2) is 0 Å². The van der Waals surface area contributed by atoms with Crippen molar-refractivity contribution in [1.29, 1.82) is 0 Å². The van der Waals surface area contributed by atoms with Gasteiger partial charge in [-0.25, -0.2) is 4.79 Å². The van der Waals surface area contributed by atoms with E-state index in [-0.39, 0.29) is 26.4 Å². The highest BCUT2D eigenvalue weighted by Crippen LogP contribution is 2.46. The molecule has 0 radical (unpaired) electrons. The first-order valence-electron chi connectivity index (χ1n) is 15.3. The number of benzene rings is 6. The zero-order valence-electron chi connectivity index (χ0n) is 25.4. The maximum atomic E-state index is 13.3. The Morgan fingerprint density at radius 3 is 1.76 bits per heavy atom. The van der Waals surface area contributed by atoms with Crippen molar-refractivity contribution in [3.05, 3.63) is 144 Å². The summed E-state index contributed by atoms with van der Waals surface area (Å²) in [6.07, 6.45) is 0. The highest BCUT2D eigenvalue weighted by atomic mass is 16.5. The minimum atomic E-state index is -0.661. The molecule has 6 aromatic carbocycles. The summed E-state index contributed by atoms with van der Waals surface area (Å²) in [4.78, 5) is 26.6. The van der Waals surface area contributed by atoms with Crippen LogP contribution in [0.2, 0.25) is 0 Å². The number of carbonyl (C=O) groups excluding carboxylic acids is 2. The van der Waals surface area contributed by atoms with Gasteiger partial charge in [0, 0.05) is 11.1 Å². The van der Waals surface area contributed by atoms with Gasteiger partial charge in [-0.1, -0.05) is 103 Å². The number of carbonyl (C=O) groups is 2. The van der Waals surface area contributed by atoms with Crippen molar-refractivity contribution in [3.8, 4) is 22.6 Å². The number of hydrogen-bond acceptors (Lipinski definition) is 6. The smallest absolute Gasteiger partial charge is 0.338 e. The Bertz CT molecular complexity index is 2050. The average molecular weight is 609 g/mol. The molecule has 6 nitrogen and oxygen atoms in total. The molecule has 0 spiro atoms. The summed E-state index contributed by atoms with van der Waals surface area (Å²) in [5.74, 6) is -0.265. The molecule has 0 bridgehead atoms. The van der Waals surface area contributed by atoms with Crippen LogP contribution in [0.15, 0.2) is 121 Å². The number of ether oxygens (including phenoxy) is 4. The van der Waals surface area contributed by atoms with Gasteiger partial charge in [-0.3, -0.25) is 4.79 Å². The molecule has 7 rings (SSSR count). The Kier molecular flexibility index (Phi) is 8.09. The topological polar surface area (TPSA) is 71.1 Å². The fourth-order valence-corrected chi connectivity index (χ4v) is 5.81. The number of esters is 2. The van der Waals surface area contributed by atoms with Gasteiger partial charge >= 0.3 is 11.9 Å². The second kappa shape index (κ2) is 12.8. The third-order valence-corrected chi connectivity index (χ3v) is 8.26. The molecule has 1 unspecified atom stereocenters. The van der Waals surface area contributed by atoms with Crippen molar-refractivity contribution in [1.82, 2.24) is 0 Å². The van der Waals surface area contributed by atoms with Gasteiger partial charge in [0.1, 0.15) is 43.8 Å². The summed E-state index contributed by atoms with van der Waals surface area (Å²) < 4.78 is 24.2. The molecule has 0 saturated heterocycles. The standard InChI is InChI=1S/C40H32O6/c1-26-12-13-29-16-18-35-37(33(29)20-26)38-34-21-31(39(41)45-22-27-8-4-2-5-9-27)15-14-30(34)17-19-36(38)44-25-32(24-43-35)40(42)46-23-28-10-6-3-7-11-28/h2-21,32H,22-25H2,1H3. The van der Waals surface area contributed by atoms with Crippen LogP contribution in [-0.2, 0) is 27.5 Å². The Hall–Kier alpha value is -5.62. The molecule has 228 valence electrons. The monoisotopic (exact) mass is 608 g/mol. The fourth-order valence-electron chi connectivity index (χ4n) is 5.81. The van der Waals surface area contributed by atoms with Crippen LogP contribution in [0.5, 0.6) is 11.5 Å². The molecule has 1 heterocycles.